The van der Waals surface area contributed by atoms with Gasteiger partial charge in [-0.15, -0.1) is 6.42 Å². The number of rotatable bonds is 8. The van der Waals surface area contributed by atoms with E-state index in [0.717, 1.165) is 0 Å². The van der Waals surface area contributed by atoms with Gasteiger partial charge in [0.15, 0.2) is 0 Å². The van der Waals surface area contributed by atoms with Gasteiger partial charge >= 0.3 is 0 Å². The molecule has 9 nitrogen and oxygen atoms in total. The van der Waals surface area contributed by atoms with Crippen LogP contribution in [-0.2, 0) is 9.71 Å². The number of piperazine rings is 1. The summed E-state index contributed by atoms with van der Waals surface area (Å²) in [5, 5.41) is 31.3. The van der Waals surface area contributed by atoms with Crippen LogP contribution in [0.25, 0.3) is 0 Å². The average Bonchev–Trinajstić information content (AvgIpc) is 3.02. The molecule has 1 aromatic carbocycles. The van der Waals surface area contributed by atoms with E-state index >= 15 is 0 Å². The maximum absolute atomic E-state index is 14.6. The monoisotopic (exact) mass is 578 g/mol. The third-order valence-electron chi connectivity index (χ3n) is 5.41. The van der Waals surface area contributed by atoms with Crippen molar-refractivity contribution in [1.29, 1.82) is 0 Å². The number of terminal acetylenes is 1. The van der Waals surface area contributed by atoms with Gasteiger partial charge in [0.25, 0.3) is 5.69 Å². The highest BCUT2D eigenvalue weighted by Crippen LogP contribution is 2.42. The number of alkyl halides is 2. The van der Waals surface area contributed by atoms with Gasteiger partial charge in [-0.3, -0.25) is 15.0 Å². The van der Waals surface area contributed by atoms with Gasteiger partial charge in [0.05, 0.1) is 48.8 Å². The number of hydrogen-bond acceptors (Lipinski definition) is 7. The van der Waals surface area contributed by atoms with Crippen LogP contribution in [0.15, 0.2) is 17.0 Å². The summed E-state index contributed by atoms with van der Waals surface area (Å²) in [6.07, 6.45) is 4.87. The molecule has 2 atom stereocenters. The second-order valence-electron chi connectivity index (χ2n) is 7.20. The zero-order valence-electron chi connectivity index (χ0n) is 16.7. The molecule has 31 heavy (non-hydrogen) atoms. The number of nitro groups is 1. The molecular weight excluding hydrogens is 556 g/mol. The van der Waals surface area contributed by atoms with Crippen LogP contribution >= 0.6 is 31.9 Å². The van der Waals surface area contributed by atoms with Crippen molar-refractivity contribution >= 4 is 57.9 Å². The molecule has 2 N–H and O–H groups in total. The summed E-state index contributed by atoms with van der Waals surface area (Å²) in [5.74, 6) is 2.54. The van der Waals surface area contributed by atoms with Crippen LogP contribution in [0.2, 0.25) is 0 Å². The van der Waals surface area contributed by atoms with Crippen LogP contribution in [0.4, 0.5) is 11.4 Å². The summed E-state index contributed by atoms with van der Waals surface area (Å²) in [4.78, 5) is 15.9. The van der Waals surface area contributed by atoms with E-state index in [4.69, 9.17) is 11.5 Å². The molecule has 1 aromatic rings. The standard InChI is InChI=1S/C19H24Br2N4O5S/c1-2-14-9-15(25(28)29)10-17-19(14)24(4-3-20)18(11-21)31(17,30)23-7-5-22(6-8-23)12-16(27)13-26/h1,9-10,16,26-27H,3-8,11-13H2. The molecule has 0 radical (unpaired) electrons. The Morgan fingerprint density at radius 3 is 2.48 bits per heavy atom. The Morgan fingerprint density at radius 2 is 1.97 bits per heavy atom. The molecule has 1 saturated heterocycles. The number of nitro benzene ring substituents is 1. The van der Waals surface area contributed by atoms with E-state index in [1.165, 1.54) is 12.1 Å². The Labute approximate surface area is 198 Å². The van der Waals surface area contributed by atoms with Gasteiger partial charge in [0, 0.05) is 56.7 Å². The summed E-state index contributed by atoms with van der Waals surface area (Å²) in [5.41, 5.74) is 0.752. The van der Waals surface area contributed by atoms with Crippen molar-refractivity contribution in [2.75, 3.05) is 61.4 Å². The number of halogens is 2. The summed E-state index contributed by atoms with van der Waals surface area (Å²) in [6.45, 7) is 2.53. The van der Waals surface area contributed by atoms with Crippen molar-refractivity contribution < 1.29 is 19.3 Å². The molecule has 0 bridgehead atoms. The molecule has 2 heterocycles. The minimum absolute atomic E-state index is 0.182. The fourth-order valence-corrected chi connectivity index (χ4v) is 8.47. The van der Waals surface area contributed by atoms with Crippen molar-refractivity contribution in [3.8, 4) is 12.3 Å². The molecule has 3 rings (SSSR count). The summed E-state index contributed by atoms with van der Waals surface area (Å²) in [6, 6.07) is 2.74. The topological polar surface area (TPSA) is 110 Å². The predicted octanol–water partition coefficient (Wildman–Crippen LogP) is 0.845. The first-order valence-electron chi connectivity index (χ1n) is 9.66. The first kappa shape index (κ1) is 24.4. The molecule has 1 fully saturated rings. The maximum atomic E-state index is 14.6. The number of non-ortho nitro benzene ring substituents is 1. The highest BCUT2D eigenvalue weighted by atomic mass is 79.9. The third-order valence-corrected chi connectivity index (χ3v) is 9.67. The van der Waals surface area contributed by atoms with E-state index in [-0.39, 0.29) is 12.3 Å². The minimum Gasteiger partial charge on any atom is -0.394 e. The quantitative estimate of drug-likeness (QED) is 0.154. The number of fused-ring (bicyclic) bond motifs is 1. The van der Waals surface area contributed by atoms with E-state index in [9.17, 15) is 19.4 Å². The SMILES string of the molecule is C#Cc1cc([N+](=O)[O-])cc2c1N(CCBr)C(CBr)=S2(=O)N1CCN(CC(O)CO)CC1. The van der Waals surface area contributed by atoms with E-state index < -0.39 is 20.7 Å². The Hall–Kier alpha value is -1.20. The van der Waals surface area contributed by atoms with Crippen molar-refractivity contribution in [3.05, 3.63) is 27.8 Å². The maximum Gasteiger partial charge on any atom is 0.272 e. The average molecular weight is 580 g/mol. The molecule has 0 spiro atoms. The number of aliphatic hydroxyl groups excluding tert-OH is 2. The van der Waals surface area contributed by atoms with Crippen molar-refractivity contribution in [3.63, 3.8) is 0 Å². The normalized spacial score (nSPS) is 22.9. The second kappa shape index (κ2) is 10.2. The lowest BCUT2D eigenvalue weighted by molar-refractivity contribution is -0.385. The number of benzene rings is 1. The van der Waals surface area contributed by atoms with Gasteiger partial charge in [-0.05, 0) is 0 Å². The van der Waals surface area contributed by atoms with Crippen LogP contribution in [0.5, 0.6) is 0 Å². The number of anilines is 1. The van der Waals surface area contributed by atoms with Crippen LogP contribution in [0.3, 0.4) is 0 Å². The van der Waals surface area contributed by atoms with Gasteiger partial charge in [-0.1, -0.05) is 37.8 Å². The minimum atomic E-state index is -2.95. The number of nitrogens with zero attached hydrogens (tertiary/aromatic N) is 4. The molecule has 12 heteroatoms. The van der Waals surface area contributed by atoms with E-state index in [0.29, 0.717) is 71.1 Å². The zero-order valence-corrected chi connectivity index (χ0v) is 20.7. The molecule has 170 valence electrons. The summed E-state index contributed by atoms with van der Waals surface area (Å²) in [7, 11) is -2.95. The Kier molecular flexibility index (Phi) is 8.01. The molecule has 2 unspecified atom stereocenters. The van der Waals surface area contributed by atoms with Gasteiger partial charge in [-0.2, -0.15) is 0 Å². The molecule has 0 saturated carbocycles. The lowest BCUT2D eigenvalue weighted by Gasteiger charge is -2.37. The van der Waals surface area contributed by atoms with Crippen molar-refractivity contribution in [2.45, 2.75) is 11.0 Å². The second-order valence-corrected chi connectivity index (χ2v) is 11.0. The van der Waals surface area contributed by atoms with Gasteiger partial charge in [0.1, 0.15) is 4.99 Å². The van der Waals surface area contributed by atoms with Crippen LogP contribution in [0.1, 0.15) is 5.56 Å². The highest BCUT2D eigenvalue weighted by molar-refractivity contribution is 9.09. The lowest BCUT2D eigenvalue weighted by Crippen LogP contribution is -2.52. The summed E-state index contributed by atoms with van der Waals surface area (Å²) < 4.78 is 16.5. The van der Waals surface area contributed by atoms with Gasteiger partial charge in [-0.25, -0.2) is 8.51 Å². The molecule has 0 amide bonds. The molecular formula is C19H24Br2N4O5S. The number of hydrogen-bond donors (Lipinski definition) is 2. The summed E-state index contributed by atoms with van der Waals surface area (Å²) >= 11 is 6.91. The lowest BCUT2D eigenvalue weighted by atomic mass is 10.1. The van der Waals surface area contributed by atoms with Crippen molar-refractivity contribution in [1.82, 2.24) is 9.21 Å². The Morgan fingerprint density at radius 1 is 1.29 bits per heavy atom. The third kappa shape index (κ3) is 4.50. The largest absolute Gasteiger partial charge is 0.394 e. The van der Waals surface area contributed by atoms with Crippen LogP contribution < -0.4 is 4.90 Å². The molecule has 2 aliphatic rings. The highest BCUT2D eigenvalue weighted by Gasteiger charge is 2.41. The van der Waals surface area contributed by atoms with E-state index in [2.05, 4.69) is 37.8 Å². The van der Waals surface area contributed by atoms with E-state index in [1.54, 1.807) is 0 Å². The fourth-order valence-electron chi connectivity index (χ4n) is 3.98. The van der Waals surface area contributed by atoms with Gasteiger partial charge in [0.2, 0.25) is 0 Å². The van der Waals surface area contributed by atoms with E-state index in [1.807, 2.05) is 14.1 Å². The first-order chi connectivity index (χ1) is 14.8. The fraction of sp³-hybridized carbons (Fsp3) is 0.526. The van der Waals surface area contributed by atoms with Crippen LogP contribution in [0, 0.1) is 22.5 Å². The molecule has 0 aromatic heterocycles. The van der Waals surface area contributed by atoms with Gasteiger partial charge < -0.3 is 15.1 Å². The molecule has 0 aliphatic carbocycles. The smallest absolute Gasteiger partial charge is 0.272 e. The number of aliphatic hydroxyl groups is 2. The number of β-amino-alcohol motifs (C(OH)–C–C–N with tert-alkyl or cyclic N) is 1. The van der Waals surface area contributed by atoms with Crippen molar-refractivity contribution in [2.24, 2.45) is 0 Å². The Bertz CT molecular complexity index is 1010. The molecule has 2 aliphatic heterocycles. The van der Waals surface area contributed by atoms with Crippen LogP contribution in [-0.4, -0.2) is 96.2 Å². The Balaban J connectivity index is 2.09. The first-order valence-corrected chi connectivity index (χ1v) is 13.4. The zero-order chi connectivity index (χ0) is 22.8. The predicted molar refractivity (Wildman–Crippen MR) is 128 cm³/mol.